The van der Waals surface area contributed by atoms with Crippen molar-refractivity contribution in [3.8, 4) is 0 Å². The van der Waals surface area contributed by atoms with E-state index in [1.165, 1.54) is 27.3 Å². The van der Waals surface area contributed by atoms with Gasteiger partial charge in [-0.2, -0.15) is 0 Å². The van der Waals surface area contributed by atoms with Gasteiger partial charge in [0.05, 0.1) is 0 Å². The Morgan fingerprint density at radius 1 is 1.00 bits per heavy atom. The van der Waals surface area contributed by atoms with E-state index in [4.69, 9.17) is 0 Å². The molecule has 0 unspecified atom stereocenters. The van der Waals surface area contributed by atoms with E-state index in [-0.39, 0.29) is 0 Å². The lowest BCUT2D eigenvalue weighted by Gasteiger charge is -2.09. The van der Waals surface area contributed by atoms with Gasteiger partial charge < -0.3 is 5.32 Å². The zero-order chi connectivity index (χ0) is 13.0. The minimum Gasteiger partial charge on any atom is -0.381 e. The van der Waals surface area contributed by atoms with E-state index in [0.29, 0.717) is 0 Å². The minimum absolute atomic E-state index is 0.874. The van der Waals surface area contributed by atoms with Crippen molar-refractivity contribution >= 4 is 17.4 Å². The topological polar surface area (TPSA) is 12.0 Å². The van der Waals surface area contributed by atoms with Gasteiger partial charge >= 0.3 is 0 Å². The fourth-order valence-electron chi connectivity index (χ4n) is 1.85. The van der Waals surface area contributed by atoms with Gasteiger partial charge in [0.1, 0.15) is 0 Å². The highest BCUT2D eigenvalue weighted by atomic mass is 32.2. The summed E-state index contributed by atoms with van der Waals surface area (Å²) in [6.45, 7) is 5.18. The molecule has 0 bridgehead atoms. The first-order valence-corrected chi connectivity index (χ1v) is 7.35. The Morgan fingerprint density at radius 3 is 2.56 bits per heavy atom. The third-order valence-electron chi connectivity index (χ3n) is 3.14. The van der Waals surface area contributed by atoms with Crippen LogP contribution in [0.4, 0.5) is 5.69 Å². The molecule has 0 aliphatic carbocycles. The lowest BCUT2D eigenvalue weighted by molar-refractivity contribution is 1.13. The van der Waals surface area contributed by atoms with Crippen LogP contribution in [0.2, 0.25) is 0 Å². The van der Waals surface area contributed by atoms with E-state index in [0.717, 1.165) is 6.54 Å². The monoisotopic (exact) mass is 257 g/mol. The predicted octanol–water partition coefficient (Wildman–Crippen LogP) is 4.64. The number of aryl methyl sites for hydroxylation is 2. The summed E-state index contributed by atoms with van der Waals surface area (Å²) in [5, 5.41) is 3.47. The van der Waals surface area contributed by atoms with Crippen LogP contribution < -0.4 is 5.32 Å². The Hall–Kier alpha value is -1.41. The number of rotatable bonds is 4. The van der Waals surface area contributed by atoms with Gasteiger partial charge in [-0.1, -0.05) is 24.3 Å². The highest BCUT2D eigenvalue weighted by Gasteiger charge is 1.98. The number of hydrogen-bond donors (Lipinski definition) is 1. The van der Waals surface area contributed by atoms with E-state index in [9.17, 15) is 0 Å². The van der Waals surface area contributed by atoms with Gasteiger partial charge in [0.2, 0.25) is 0 Å². The second-order valence-corrected chi connectivity index (χ2v) is 5.38. The van der Waals surface area contributed by atoms with Gasteiger partial charge in [-0.25, -0.2) is 0 Å². The van der Waals surface area contributed by atoms with Crippen LogP contribution in [0.1, 0.15) is 16.7 Å². The quantitative estimate of drug-likeness (QED) is 0.801. The van der Waals surface area contributed by atoms with Crippen LogP contribution >= 0.6 is 11.8 Å². The molecule has 0 atom stereocenters. The minimum atomic E-state index is 0.874. The molecule has 0 aliphatic heterocycles. The molecular weight excluding hydrogens is 238 g/mol. The van der Waals surface area contributed by atoms with E-state index in [1.54, 1.807) is 11.8 Å². The average Bonchev–Trinajstić information content (AvgIpc) is 2.40. The highest BCUT2D eigenvalue weighted by molar-refractivity contribution is 7.98. The van der Waals surface area contributed by atoms with Crippen molar-refractivity contribution in [2.45, 2.75) is 25.3 Å². The molecule has 2 aromatic carbocycles. The van der Waals surface area contributed by atoms with Gasteiger partial charge in [-0.05, 0) is 55.0 Å². The molecule has 0 saturated heterocycles. The molecule has 1 nitrogen and oxygen atoms in total. The van der Waals surface area contributed by atoms with E-state index in [1.807, 2.05) is 0 Å². The maximum Gasteiger partial charge on any atom is 0.0400 e. The van der Waals surface area contributed by atoms with E-state index < -0.39 is 0 Å². The zero-order valence-electron chi connectivity index (χ0n) is 11.2. The van der Waals surface area contributed by atoms with Crippen LogP contribution in [-0.4, -0.2) is 6.26 Å². The maximum atomic E-state index is 3.47. The summed E-state index contributed by atoms with van der Waals surface area (Å²) in [4.78, 5) is 1.29. The number of hydrogen-bond acceptors (Lipinski definition) is 2. The molecule has 0 aliphatic rings. The first kappa shape index (κ1) is 13.0. The Labute approximate surface area is 114 Å². The van der Waals surface area contributed by atoms with Crippen molar-refractivity contribution < 1.29 is 0 Å². The van der Waals surface area contributed by atoms with Crippen molar-refractivity contribution in [2.24, 2.45) is 0 Å². The third-order valence-corrected chi connectivity index (χ3v) is 3.86. The Kier molecular flexibility index (Phi) is 4.32. The maximum absolute atomic E-state index is 3.47. The lowest BCUT2D eigenvalue weighted by Crippen LogP contribution is -2.00. The van der Waals surface area contributed by atoms with Crippen molar-refractivity contribution in [2.75, 3.05) is 11.6 Å². The number of thioether (sulfide) groups is 1. The van der Waals surface area contributed by atoms with Crippen LogP contribution in [-0.2, 0) is 6.54 Å². The van der Waals surface area contributed by atoms with Gasteiger partial charge in [0, 0.05) is 17.1 Å². The summed E-state index contributed by atoms with van der Waals surface area (Å²) in [5.74, 6) is 0. The van der Waals surface area contributed by atoms with Crippen LogP contribution in [0.25, 0.3) is 0 Å². The molecule has 18 heavy (non-hydrogen) atoms. The number of nitrogens with one attached hydrogen (secondary N) is 1. The molecule has 0 aromatic heterocycles. The SMILES string of the molecule is CSc1cccc(NCc2ccc(C)c(C)c2)c1. The molecule has 0 fully saturated rings. The molecular formula is C16H19NS. The largest absolute Gasteiger partial charge is 0.381 e. The predicted molar refractivity (Wildman–Crippen MR) is 81.5 cm³/mol. The summed E-state index contributed by atoms with van der Waals surface area (Å²) in [6.07, 6.45) is 2.10. The molecule has 0 saturated carbocycles. The highest BCUT2D eigenvalue weighted by Crippen LogP contribution is 2.19. The number of anilines is 1. The standard InChI is InChI=1S/C16H19NS/c1-12-7-8-14(9-13(12)2)11-17-15-5-4-6-16(10-15)18-3/h4-10,17H,11H2,1-3H3. The fourth-order valence-corrected chi connectivity index (χ4v) is 2.31. The van der Waals surface area contributed by atoms with E-state index in [2.05, 4.69) is 67.9 Å². The van der Waals surface area contributed by atoms with Crippen molar-refractivity contribution in [1.29, 1.82) is 0 Å². The van der Waals surface area contributed by atoms with Crippen molar-refractivity contribution in [1.82, 2.24) is 0 Å². The van der Waals surface area contributed by atoms with Crippen LogP contribution in [0.15, 0.2) is 47.4 Å². The molecule has 0 spiro atoms. The Balaban J connectivity index is 2.04. The first-order valence-electron chi connectivity index (χ1n) is 6.13. The second-order valence-electron chi connectivity index (χ2n) is 4.50. The molecule has 0 heterocycles. The second kappa shape index (κ2) is 5.96. The van der Waals surface area contributed by atoms with Crippen molar-refractivity contribution in [3.63, 3.8) is 0 Å². The summed E-state index contributed by atoms with van der Waals surface area (Å²) in [6, 6.07) is 15.1. The van der Waals surface area contributed by atoms with Gasteiger partial charge in [-0.3, -0.25) is 0 Å². The van der Waals surface area contributed by atoms with Crippen LogP contribution in [0.3, 0.4) is 0 Å². The fraction of sp³-hybridized carbons (Fsp3) is 0.250. The molecule has 0 radical (unpaired) electrons. The molecule has 94 valence electrons. The van der Waals surface area contributed by atoms with Crippen molar-refractivity contribution in [3.05, 3.63) is 59.2 Å². The number of benzene rings is 2. The van der Waals surface area contributed by atoms with Gasteiger partial charge in [0.15, 0.2) is 0 Å². The van der Waals surface area contributed by atoms with Gasteiger partial charge in [0.25, 0.3) is 0 Å². The lowest BCUT2D eigenvalue weighted by atomic mass is 10.1. The summed E-state index contributed by atoms with van der Waals surface area (Å²) >= 11 is 1.77. The van der Waals surface area contributed by atoms with Crippen LogP contribution in [0.5, 0.6) is 0 Å². The Morgan fingerprint density at radius 2 is 1.83 bits per heavy atom. The summed E-state index contributed by atoms with van der Waals surface area (Å²) in [7, 11) is 0. The third kappa shape index (κ3) is 3.30. The smallest absolute Gasteiger partial charge is 0.0400 e. The molecule has 2 aromatic rings. The normalized spacial score (nSPS) is 10.4. The molecule has 1 N–H and O–H groups in total. The Bertz CT molecular complexity index is 534. The molecule has 2 heteroatoms. The summed E-state index contributed by atoms with van der Waals surface area (Å²) in [5.41, 5.74) is 5.21. The average molecular weight is 257 g/mol. The van der Waals surface area contributed by atoms with Crippen LogP contribution in [0, 0.1) is 13.8 Å². The van der Waals surface area contributed by atoms with E-state index >= 15 is 0 Å². The summed E-state index contributed by atoms with van der Waals surface area (Å²) < 4.78 is 0. The molecule has 2 rings (SSSR count). The zero-order valence-corrected chi connectivity index (χ0v) is 12.0. The molecule has 0 amide bonds. The van der Waals surface area contributed by atoms with Gasteiger partial charge in [-0.15, -0.1) is 11.8 Å². The first-order chi connectivity index (χ1) is 8.69.